The summed E-state index contributed by atoms with van der Waals surface area (Å²) in [5.74, 6) is 1.04. The van der Waals surface area contributed by atoms with Gasteiger partial charge in [-0.05, 0) is 44.7 Å². The van der Waals surface area contributed by atoms with Gasteiger partial charge in [0.05, 0.1) is 0 Å². The van der Waals surface area contributed by atoms with E-state index in [4.69, 9.17) is 0 Å². The maximum Gasteiger partial charge on any atom is -0.00463 e. The SMILES string of the molecule is C=CCCCCCNCCC1CCCC1. The number of unbranched alkanes of at least 4 members (excludes halogenated alkanes) is 3. The van der Waals surface area contributed by atoms with Crippen LogP contribution in [0.4, 0.5) is 0 Å². The molecule has 1 fully saturated rings. The van der Waals surface area contributed by atoms with Gasteiger partial charge in [-0.3, -0.25) is 0 Å². The summed E-state index contributed by atoms with van der Waals surface area (Å²) in [6, 6.07) is 0. The van der Waals surface area contributed by atoms with Crippen molar-refractivity contribution >= 4 is 0 Å². The lowest BCUT2D eigenvalue weighted by Gasteiger charge is -2.09. The zero-order valence-corrected chi connectivity index (χ0v) is 10.1. The van der Waals surface area contributed by atoms with Crippen LogP contribution in [0.15, 0.2) is 12.7 Å². The van der Waals surface area contributed by atoms with Crippen LogP contribution in [-0.2, 0) is 0 Å². The number of hydrogen-bond acceptors (Lipinski definition) is 1. The van der Waals surface area contributed by atoms with Crippen LogP contribution < -0.4 is 5.32 Å². The third kappa shape index (κ3) is 6.72. The second-order valence-corrected chi connectivity index (χ2v) is 4.83. The number of rotatable bonds is 9. The third-order valence-corrected chi connectivity index (χ3v) is 3.47. The summed E-state index contributed by atoms with van der Waals surface area (Å²) in [5.41, 5.74) is 0. The summed E-state index contributed by atoms with van der Waals surface area (Å²) in [7, 11) is 0. The van der Waals surface area contributed by atoms with E-state index >= 15 is 0 Å². The molecule has 0 bridgehead atoms. The Morgan fingerprint density at radius 2 is 1.87 bits per heavy atom. The molecule has 1 N–H and O–H groups in total. The molecule has 1 aliphatic carbocycles. The molecule has 1 heteroatoms. The van der Waals surface area contributed by atoms with Crippen molar-refractivity contribution in [2.24, 2.45) is 5.92 Å². The third-order valence-electron chi connectivity index (χ3n) is 3.47. The first kappa shape index (κ1) is 12.8. The Kier molecular flexibility index (Phi) is 7.63. The van der Waals surface area contributed by atoms with Gasteiger partial charge in [-0.1, -0.05) is 38.2 Å². The molecule has 0 aliphatic heterocycles. The first-order chi connectivity index (χ1) is 7.43. The standard InChI is InChI=1S/C14H27N/c1-2-3-4-5-8-12-15-13-11-14-9-6-7-10-14/h2,14-15H,1,3-13H2. The Bertz CT molecular complexity index is 147. The van der Waals surface area contributed by atoms with Crippen LogP contribution >= 0.6 is 0 Å². The van der Waals surface area contributed by atoms with Gasteiger partial charge in [0.1, 0.15) is 0 Å². The van der Waals surface area contributed by atoms with E-state index < -0.39 is 0 Å². The minimum Gasteiger partial charge on any atom is -0.317 e. The van der Waals surface area contributed by atoms with E-state index in [0.29, 0.717) is 0 Å². The Morgan fingerprint density at radius 1 is 1.07 bits per heavy atom. The summed E-state index contributed by atoms with van der Waals surface area (Å²) < 4.78 is 0. The van der Waals surface area contributed by atoms with Crippen LogP contribution in [0.25, 0.3) is 0 Å². The molecular formula is C14H27N. The zero-order valence-electron chi connectivity index (χ0n) is 10.1. The van der Waals surface area contributed by atoms with Crippen LogP contribution in [0.5, 0.6) is 0 Å². The van der Waals surface area contributed by atoms with Gasteiger partial charge in [0.2, 0.25) is 0 Å². The van der Waals surface area contributed by atoms with Gasteiger partial charge in [-0.15, -0.1) is 6.58 Å². The van der Waals surface area contributed by atoms with Gasteiger partial charge in [0.15, 0.2) is 0 Å². The highest BCUT2D eigenvalue weighted by molar-refractivity contribution is 4.68. The molecule has 0 saturated heterocycles. The van der Waals surface area contributed by atoms with Crippen molar-refractivity contribution in [3.63, 3.8) is 0 Å². The Balaban J connectivity index is 1.74. The van der Waals surface area contributed by atoms with E-state index in [0.717, 1.165) is 5.92 Å². The molecule has 1 rings (SSSR count). The fraction of sp³-hybridized carbons (Fsp3) is 0.857. The maximum atomic E-state index is 3.74. The fourth-order valence-electron chi connectivity index (χ4n) is 2.45. The predicted molar refractivity (Wildman–Crippen MR) is 68.1 cm³/mol. The van der Waals surface area contributed by atoms with Gasteiger partial charge in [0.25, 0.3) is 0 Å². The van der Waals surface area contributed by atoms with Crippen LogP contribution in [-0.4, -0.2) is 13.1 Å². The van der Waals surface area contributed by atoms with Crippen molar-refractivity contribution in [2.45, 2.75) is 57.8 Å². The molecule has 0 aromatic carbocycles. The molecule has 0 aromatic rings. The molecule has 1 nitrogen and oxygen atoms in total. The quantitative estimate of drug-likeness (QED) is 0.448. The molecule has 0 aromatic heterocycles. The number of nitrogens with one attached hydrogen (secondary N) is 1. The minimum atomic E-state index is 1.04. The Hall–Kier alpha value is -0.300. The molecule has 0 radical (unpaired) electrons. The largest absolute Gasteiger partial charge is 0.317 e. The lowest BCUT2D eigenvalue weighted by molar-refractivity contribution is 0.472. The highest BCUT2D eigenvalue weighted by Crippen LogP contribution is 2.26. The van der Waals surface area contributed by atoms with Gasteiger partial charge in [-0.25, -0.2) is 0 Å². The lowest BCUT2D eigenvalue weighted by Crippen LogP contribution is -2.18. The minimum absolute atomic E-state index is 1.04. The molecule has 0 atom stereocenters. The number of hydrogen-bond donors (Lipinski definition) is 1. The summed E-state index contributed by atoms with van der Waals surface area (Å²) in [5, 5.41) is 3.56. The molecule has 1 aliphatic rings. The van der Waals surface area contributed by atoms with E-state index in [1.54, 1.807) is 0 Å². The normalized spacial score (nSPS) is 17.1. The topological polar surface area (TPSA) is 12.0 Å². The number of allylic oxidation sites excluding steroid dienone is 1. The predicted octanol–water partition coefficient (Wildman–Crippen LogP) is 3.90. The van der Waals surface area contributed by atoms with Crippen molar-refractivity contribution in [3.05, 3.63) is 12.7 Å². The molecule has 0 spiro atoms. The monoisotopic (exact) mass is 209 g/mol. The van der Waals surface area contributed by atoms with E-state index in [1.807, 2.05) is 6.08 Å². The van der Waals surface area contributed by atoms with E-state index in [9.17, 15) is 0 Å². The van der Waals surface area contributed by atoms with Crippen LogP contribution in [0.2, 0.25) is 0 Å². The van der Waals surface area contributed by atoms with Gasteiger partial charge in [-0.2, -0.15) is 0 Å². The highest BCUT2D eigenvalue weighted by Gasteiger charge is 2.13. The fourth-order valence-corrected chi connectivity index (χ4v) is 2.45. The Labute approximate surface area is 95.3 Å². The summed E-state index contributed by atoms with van der Waals surface area (Å²) in [6.45, 7) is 6.19. The second kappa shape index (κ2) is 8.96. The van der Waals surface area contributed by atoms with Gasteiger partial charge in [0, 0.05) is 0 Å². The van der Waals surface area contributed by atoms with E-state index in [1.165, 1.54) is 70.9 Å². The molecule has 0 heterocycles. The van der Waals surface area contributed by atoms with Gasteiger partial charge < -0.3 is 5.32 Å². The summed E-state index contributed by atoms with van der Waals surface area (Å²) in [4.78, 5) is 0. The molecule has 1 saturated carbocycles. The molecule has 0 unspecified atom stereocenters. The molecule has 15 heavy (non-hydrogen) atoms. The van der Waals surface area contributed by atoms with Crippen molar-refractivity contribution < 1.29 is 0 Å². The molecule has 88 valence electrons. The lowest BCUT2D eigenvalue weighted by atomic mass is 10.0. The van der Waals surface area contributed by atoms with Gasteiger partial charge >= 0.3 is 0 Å². The van der Waals surface area contributed by atoms with Crippen molar-refractivity contribution in [2.75, 3.05) is 13.1 Å². The smallest absolute Gasteiger partial charge is 0.00463 e. The van der Waals surface area contributed by atoms with Crippen LogP contribution in [0, 0.1) is 5.92 Å². The van der Waals surface area contributed by atoms with Crippen molar-refractivity contribution in [3.8, 4) is 0 Å². The second-order valence-electron chi connectivity index (χ2n) is 4.83. The molecule has 0 amide bonds. The summed E-state index contributed by atoms with van der Waals surface area (Å²) >= 11 is 0. The zero-order chi connectivity index (χ0) is 10.8. The van der Waals surface area contributed by atoms with Crippen molar-refractivity contribution in [1.82, 2.24) is 5.32 Å². The van der Waals surface area contributed by atoms with E-state index in [-0.39, 0.29) is 0 Å². The first-order valence-electron chi connectivity index (χ1n) is 6.75. The maximum absolute atomic E-state index is 3.74. The average molecular weight is 209 g/mol. The highest BCUT2D eigenvalue weighted by atomic mass is 14.8. The average Bonchev–Trinajstić information content (AvgIpc) is 2.75. The summed E-state index contributed by atoms with van der Waals surface area (Å²) in [6.07, 6.45) is 14.5. The molecular weight excluding hydrogens is 182 g/mol. The van der Waals surface area contributed by atoms with Crippen LogP contribution in [0.3, 0.4) is 0 Å². The first-order valence-corrected chi connectivity index (χ1v) is 6.75. The van der Waals surface area contributed by atoms with Crippen LogP contribution in [0.1, 0.15) is 57.8 Å². The van der Waals surface area contributed by atoms with E-state index in [2.05, 4.69) is 11.9 Å². The Morgan fingerprint density at radius 3 is 2.60 bits per heavy atom. The van der Waals surface area contributed by atoms with Crippen molar-refractivity contribution in [1.29, 1.82) is 0 Å².